The molecule has 0 aliphatic heterocycles. The Kier molecular flexibility index (Phi) is 6.04. The van der Waals surface area contributed by atoms with E-state index in [1.807, 2.05) is 0 Å². The number of hydrazine groups is 1. The van der Waals surface area contributed by atoms with Crippen LogP contribution in [0, 0.1) is 5.82 Å². The number of rotatable bonds is 7. The number of hydrogen-bond acceptors (Lipinski definition) is 4. The summed E-state index contributed by atoms with van der Waals surface area (Å²) in [6, 6.07) is 1.50. The summed E-state index contributed by atoms with van der Waals surface area (Å²) in [6.07, 6.45) is 3.58. The Morgan fingerprint density at radius 3 is 2.71 bits per heavy atom. The van der Waals surface area contributed by atoms with Gasteiger partial charge in [0.05, 0.1) is 12.2 Å². The van der Waals surface area contributed by atoms with Crippen LogP contribution in [0.4, 0.5) is 4.39 Å². The van der Waals surface area contributed by atoms with Gasteiger partial charge >= 0.3 is 0 Å². The van der Waals surface area contributed by atoms with E-state index in [4.69, 9.17) is 5.84 Å². The lowest BCUT2D eigenvalue weighted by Gasteiger charge is -2.22. The first-order valence-corrected chi connectivity index (χ1v) is 6.00. The highest BCUT2D eigenvalue weighted by Gasteiger charge is 2.14. The van der Waals surface area contributed by atoms with Crippen molar-refractivity contribution >= 4 is 0 Å². The van der Waals surface area contributed by atoms with E-state index in [0.29, 0.717) is 5.56 Å². The molecule has 3 N–H and O–H groups in total. The maximum absolute atomic E-state index is 13.5. The molecule has 5 heteroatoms. The Morgan fingerprint density at radius 2 is 2.18 bits per heavy atom. The molecule has 17 heavy (non-hydrogen) atoms. The van der Waals surface area contributed by atoms with Crippen LogP contribution < -0.4 is 11.3 Å². The molecule has 0 fully saturated rings. The molecule has 0 amide bonds. The zero-order valence-corrected chi connectivity index (χ0v) is 10.5. The Balaban J connectivity index is 2.63. The number of nitrogens with one attached hydrogen (secondary N) is 1. The van der Waals surface area contributed by atoms with E-state index in [2.05, 4.69) is 29.2 Å². The number of pyridine rings is 1. The van der Waals surface area contributed by atoms with Gasteiger partial charge in [-0.25, -0.2) is 4.39 Å². The van der Waals surface area contributed by atoms with Gasteiger partial charge in [0.25, 0.3) is 0 Å². The number of halogens is 1. The Bertz CT molecular complexity index is 328. The maximum atomic E-state index is 13.5. The van der Waals surface area contributed by atoms with Crippen LogP contribution in [0.3, 0.4) is 0 Å². The van der Waals surface area contributed by atoms with Gasteiger partial charge in [0.1, 0.15) is 5.82 Å². The van der Waals surface area contributed by atoms with E-state index in [1.165, 1.54) is 6.20 Å². The standard InChI is InChI=1S/C12H21FN4/c1-3-17(4-2)8-6-12(16-14)10-5-7-15-9-11(10)13/h5,7,9,12,16H,3-4,6,8,14H2,1-2H3. The predicted octanol–water partition coefficient (Wildman–Crippen LogP) is 1.46. The predicted molar refractivity (Wildman–Crippen MR) is 66.7 cm³/mol. The second kappa shape index (κ2) is 7.32. The van der Waals surface area contributed by atoms with Crippen molar-refractivity contribution in [3.63, 3.8) is 0 Å². The molecule has 0 aromatic carbocycles. The summed E-state index contributed by atoms with van der Waals surface area (Å²) < 4.78 is 13.5. The van der Waals surface area contributed by atoms with Gasteiger partial charge in [0, 0.05) is 11.8 Å². The van der Waals surface area contributed by atoms with E-state index in [1.54, 1.807) is 12.3 Å². The van der Waals surface area contributed by atoms with E-state index in [9.17, 15) is 4.39 Å². The molecule has 4 nitrogen and oxygen atoms in total. The molecule has 1 heterocycles. The molecule has 1 rings (SSSR count). The second-order valence-electron chi connectivity index (χ2n) is 3.93. The van der Waals surface area contributed by atoms with Crippen molar-refractivity contribution < 1.29 is 4.39 Å². The Morgan fingerprint density at radius 1 is 1.47 bits per heavy atom. The zero-order chi connectivity index (χ0) is 12.7. The Hall–Kier alpha value is -1.04. The molecule has 0 saturated carbocycles. The number of nitrogens with two attached hydrogens (primary N) is 1. The first kappa shape index (κ1) is 14.0. The summed E-state index contributed by atoms with van der Waals surface area (Å²) in [6.45, 7) is 7.10. The lowest BCUT2D eigenvalue weighted by atomic mass is 10.1. The lowest BCUT2D eigenvalue weighted by Crippen LogP contribution is -2.33. The summed E-state index contributed by atoms with van der Waals surface area (Å²) in [4.78, 5) is 6.02. The highest BCUT2D eigenvalue weighted by Crippen LogP contribution is 2.18. The molecule has 1 aromatic heterocycles. The first-order valence-electron chi connectivity index (χ1n) is 6.00. The quantitative estimate of drug-likeness (QED) is 0.559. The fourth-order valence-corrected chi connectivity index (χ4v) is 1.85. The van der Waals surface area contributed by atoms with Gasteiger partial charge < -0.3 is 4.90 Å². The van der Waals surface area contributed by atoms with Gasteiger partial charge in [0.15, 0.2) is 0 Å². The fourth-order valence-electron chi connectivity index (χ4n) is 1.85. The van der Waals surface area contributed by atoms with Crippen molar-refractivity contribution in [1.29, 1.82) is 0 Å². The van der Waals surface area contributed by atoms with Crippen molar-refractivity contribution in [2.24, 2.45) is 5.84 Å². The van der Waals surface area contributed by atoms with Crippen molar-refractivity contribution in [2.75, 3.05) is 19.6 Å². The normalized spacial score (nSPS) is 13.0. The smallest absolute Gasteiger partial charge is 0.146 e. The molecular formula is C12H21FN4. The van der Waals surface area contributed by atoms with Crippen LogP contribution in [0.15, 0.2) is 18.5 Å². The molecule has 0 aliphatic carbocycles. The van der Waals surface area contributed by atoms with Gasteiger partial charge in [-0.15, -0.1) is 0 Å². The summed E-state index contributed by atoms with van der Waals surface area (Å²) in [5.74, 6) is 5.18. The lowest BCUT2D eigenvalue weighted by molar-refractivity contribution is 0.281. The number of hydrogen-bond donors (Lipinski definition) is 2. The molecule has 1 aromatic rings. The third kappa shape index (κ3) is 4.03. The van der Waals surface area contributed by atoms with E-state index in [-0.39, 0.29) is 11.9 Å². The molecule has 0 saturated heterocycles. The second-order valence-corrected chi connectivity index (χ2v) is 3.93. The highest BCUT2D eigenvalue weighted by atomic mass is 19.1. The topological polar surface area (TPSA) is 54.2 Å². The van der Waals surface area contributed by atoms with Crippen LogP contribution in [0.5, 0.6) is 0 Å². The SMILES string of the molecule is CCN(CC)CCC(NN)c1ccncc1F. The van der Waals surface area contributed by atoms with Gasteiger partial charge in [0.2, 0.25) is 0 Å². The van der Waals surface area contributed by atoms with E-state index < -0.39 is 0 Å². The van der Waals surface area contributed by atoms with Crippen molar-refractivity contribution in [3.05, 3.63) is 29.8 Å². The van der Waals surface area contributed by atoms with Gasteiger partial charge in [-0.05, 0) is 32.1 Å². The minimum Gasteiger partial charge on any atom is -0.304 e. The largest absolute Gasteiger partial charge is 0.304 e. The third-order valence-corrected chi connectivity index (χ3v) is 3.01. The van der Waals surface area contributed by atoms with Crippen molar-refractivity contribution in [1.82, 2.24) is 15.3 Å². The molecule has 96 valence electrons. The average molecular weight is 240 g/mol. The Labute approximate surface area is 102 Å². The molecule has 0 radical (unpaired) electrons. The van der Waals surface area contributed by atoms with Crippen LogP contribution in [-0.4, -0.2) is 29.5 Å². The molecule has 1 atom stereocenters. The first-order chi connectivity index (χ1) is 8.22. The molecule has 1 unspecified atom stereocenters. The van der Waals surface area contributed by atoms with Crippen LogP contribution in [0.1, 0.15) is 31.9 Å². The third-order valence-electron chi connectivity index (χ3n) is 3.01. The summed E-state index contributed by atoms with van der Waals surface area (Å²) in [5.41, 5.74) is 3.25. The molecule has 0 spiro atoms. The van der Waals surface area contributed by atoms with Crippen LogP contribution in [-0.2, 0) is 0 Å². The minimum atomic E-state index is -0.310. The minimum absolute atomic E-state index is 0.168. The number of aromatic nitrogens is 1. The van der Waals surface area contributed by atoms with Gasteiger partial charge in [-0.2, -0.15) is 0 Å². The maximum Gasteiger partial charge on any atom is 0.146 e. The van der Waals surface area contributed by atoms with Crippen LogP contribution >= 0.6 is 0 Å². The average Bonchev–Trinajstić information content (AvgIpc) is 2.36. The van der Waals surface area contributed by atoms with Crippen LogP contribution in [0.2, 0.25) is 0 Å². The molecule has 0 aliphatic rings. The molecular weight excluding hydrogens is 219 g/mol. The van der Waals surface area contributed by atoms with E-state index >= 15 is 0 Å². The summed E-state index contributed by atoms with van der Waals surface area (Å²) in [7, 11) is 0. The van der Waals surface area contributed by atoms with E-state index in [0.717, 1.165) is 26.1 Å². The summed E-state index contributed by atoms with van der Waals surface area (Å²) in [5, 5.41) is 0. The number of nitrogens with zero attached hydrogens (tertiary/aromatic N) is 2. The fraction of sp³-hybridized carbons (Fsp3) is 0.583. The zero-order valence-electron chi connectivity index (χ0n) is 10.5. The van der Waals surface area contributed by atoms with Crippen molar-refractivity contribution in [3.8, 4) is 0 Å². The highest BCUT2D eigenvalue weighted by molar-refractivity contribution is 5.17. The summed E-state index contributed by atoms with van der Waals surface area (Å²) >= 11 is 0. The van der Waals surface area contributed by atoms with Crippen LogP contribution in [0.25, 0.3) is 0 Å². The monoisotopic (exact) mass is 240 g/mol. The molecule has 0 bridgehead atoms. The van der Waals surface area contributed by atoms with Gasteiger partial charge in [-0.1, -0.05) is 13.8 Å². The van der Waals surface area contributed by atoms with Crippen molar-refractivity contribution in [2.45, 2.75) is 26.3 Å². The van der Waals surface area contributed by atoms with Gasteiger partial charge in [-0.3, -0.25) is 16.3 Å².